The predicted octanol–water partition coefficient (Wildman–Crippen LogP) is 6.29. The molecule has 0 spiro atoms. The average molecular weight is 408 g/mol. The summed E-state index contributed by atoms with van der Waals surface area (Å²) in [6, 6.07) is 0.888. The SMILES string of the molecule is CCCCCCCCCCCCCOP(=O)(O)O.CN(C)C1CCCCC1. The van der Waals surface area contributed by atoms with Crippen LogP contribution in [0.1, 0.15) is 110 Å². The molecule has 1 fully saturated rings. The number of unbranched alkanes of at least 4 members (excludes halogenated alkanes) is 10. The zero-order valence-electron chi connectivity index (χ0n) is 18.2. The van der Waals surface area contributed by atoms with E-state index in [-0.39, 0.29) is 6.61 Å². The number of rotatable bonds is 14. The Kier molecular flexibility index (Phi) is 18.2. The van der Waals surface area contributed by atoms with Gasteiger partial charge in [0.25, 0.3) is 0 Å². The van der Waals surface area contributed by atoms with Crippen LogP contribution in [0.5, 0.6) is 0 Å². The molecule has 0 saturated heterocycles. The quantitative estimate of drug-likeness (QED) is 0.262. The largest absolute Gasteiger partial charge is 0.469 e. The van der Waals surface area contributed by atoms with Crippen LogP contribution < -0.4 is 0 Å². The van der Waals surface area contributed by atoms with Gasteiger partial charge in [-0.2, -0.15) is 0 Å². The summed E-state index contributed by atoms with van der Waals surface area (Å²) < 4.78 is 14.8. The predicted molar refractivity (Wildman–Crippen MR) is 115 cm³/mol. The molecule has 1 rings (SSSR count). The molecule has 1 saturated carbocycles. The van der Waals surface area contributed by atoms with Crippen molar-refractivity contribution in [1.29, 1.82) is 0 Å². The van der Waals surface area contributed by atoms with Gasteiger partial charge in [0.05, 0.1) is 6.61 Å². The second-order valence-corrected chi connectivity index (χ2v) is 9.35. The normalized spacial score (nSPS) is 15.6. The van der Waals surface area contributed by atoms with Crippen molar-refractivity contribution >= 4 is 7.82 Å². The molecule has 0 aromatic rings. The number of nitrogens with zero attached hydrogens (tertiary/aromatic N) is 1. The van der Waals surface area contributed by atoms with Gasteiger partial charge in [-0.15, -0.1) is 0 Å². The summed E-state index contributed by atoms with van der Waals surface area (Å²) in [5.41, 5.74) is 0. The lowest BCUT2D eigenvalue weighted by Crippen LogP contribution is -2.29. The summed E-state index contributed by atoms with van der Waals surface area (Å²) in [7, 11) is 0.135. The lowest BCUT2D eigenvalue weighted by molar-refractivity contribution is 0.193. The highest BCUT2D eigenvalue weighted by Crippen LogP contribution is 2.35. The zero-order valence-corrected chi connectivity index (χ0v) is 19.1. The second kappa shape index (κ2) is 18.1. The van der Waals surface area contributed by atoms with E-state index in [1.807, 2.05) is 0 Å². The van der Waals surface area contributed by atoms with E-state index in [4.69, 9.17) is 9.79 Å². The van der Waals surface area contributed by atoms with E-state index in [0.29, 0.717) is 0 Å². The molecule has 5 nitrogen and oxygen atoms in total. The van der Waals surface area contributed by atoms with Crippen molar-refractivity contribution in [1.82, 2.24) is 4.90 Å². The van der Waals surface area contributed by atoms with Gasteiger partial charge in [-0.05, 0) is 33.4 Å². The number of phosphoric ester groups is 1. The van der Waals surface area contributed by atoms with Crippen molar-refractivity contribution in [2.75, 3.05) is 20.7 Å². The molecule has 164 valence electrons. The topological polar surface area (TPSA) is 70.0 Å². The van der Waals surface area contributed by atoms with Crippen LogP contribution in [0, 0.1) is 0 Å². The monoisotopic (exact) mass is 407 g/mol. The van der Waals surface area contributed by atoms with Gasteiger partial charge in [0.2, 0.25) is 0 Å². The standard InChI is InChI=1S/C13H29O4P.C8H17N/c1-2-3-4-5-6-7-8-9-10-11-12-13-17-18(14,15)16;1-9(2)8-6-4-3-5-7-8/h2-13H2,1H3,(H2,14,15,16);8H,3-7H2,1-2H3. The van der Waals surface area contributed by atoms with Crippen LogP contribution in [0.15, 0.2) is 0 Å². The second-order valence-electron chi connectivity index (χ2n) is 8.11. The first-order chi connectivity index (χ1) is 12.9. The van der Waals surface area contributed by atoms with E-state index < -0.39 is 7.82 Å². The average Bonchev–Trinajstić information content (AvgIpc) is 2.63. The molecular formula is C21H46NO4P. The summed E-state index contributed by atoms with van der Waals surface area (Å²) in [5.74, 6) is 0. The smallest absolute Gasteiger partial charge is 0.306 e. The van der Waals surface area contributed by atoms with Crippen molar-refractivity contribution < 1.29 is 18.9 Å². The Morgan fingerprint density at radius 3 is 1.63 bits per heavy atom. The van der Waals surface area contributed by atoms with E-state index in [1.165, 1.54) is 83.5 Å². The fraction of sp³-hybridized carbons (Fsp3) is 1.00. The molecule has 2 N–H and O–H groups in total. The number of hydrogen-bond donors (Lipinski definition) is 2. The maximum atomic E-state index is 10.4. The molecule has 1 aliphatic carbocycles. The van der Waals surface area contributed by atoms with Crippen LogP contribution in [0.25, 0.3) is 0 Å². The molecule has 0 atom stereocenters. The summed E-state index contributed by atoms with van der Waals surface area (Å²) in [4.78, 5) is 19.3. The Labute approximate surface area is 168 Å². The summed E-state index contributed by atoms with van der Waals surface area (Å²) in [6.45, 7) is 2.40. The molecule has 1 aliphatic rings. The Morgan fingerprint density at radius 2 is 1.26 bits per heavy atom. The van der Waals surface area contributed by atoms with Crippen molar-refractivity contribution in [2.24, 2.45) is 0 Å². The maximum absolute atomic E-state index is 10.4. The van der Waals surface area contributed by atoms with E-state index in [0.717, 1.165) is 25.3 Å². The van der Waals surface area contributed by atoms with Gasteiger partial charge in [-0.1, -0.05) is 90.4 Å². The molecule has 0 unspecified atom stereocenters. The van der Waals surface area contributed by atoms with Crippen LogP contribution in [0.2, 0.25) is 0 Å². The third kappa shape index (κ3) is 20.6. The lowest BCUT2D eigenvalue weighted by atomic mass is 9.95. The summed E-state index contributed by atoms with van der Waals surface area (Å²) >= 11 is 0. The summed E-state index contributed by atoms with van der Waals surface area (Å²) in [5, 5.41) is 0. The van der Waals surface area contributed by atoms with Crippen molar-refractivity contribution in [2.45, 2.75) is 116 Å². The number of phosphoric acid groups is 1. The zero-order chi connectivity index (χ0) is 20.4. The van der Waals surface area contributed by atoms with Gasteiger partial charge in [0.1, 0.15) is 0 Å². The van der Waals surface area contributed by atoms with Crippen LogP contribution in [0.3, 0.4) is 0 Å². The van der Waals surface area contributed by atoms with Gasteiger partial charge >= 0.3 is 7.82 Å². The Balaban J connectivity index is 0.000000621. The third-order valence-electron chi connectivity index (χ3n) is 5.31. The van der Waals surface area contributed by atoms with Crippen molar-refractivity contribution in [3.63, 3.8) is 0 Å². The van der Waals surface area contributed by atoms with Crippen LogP contribution >= 0.6 is 7.82 Å². The Hall–Kier alpha value is 0.0700. The minimum Gasteiger partial charge on any atom is -0.306 e. The van der Waals surface area contributed by atoms with Crippen molar-refractivity contribution in [3.05, 3.63) is 0 Å². The number of hydrogen-bond acceptors (Lipinski definition) is 3. The minimum absolute atomic E-state index is 0.168. The molecule has 0 radical (unpaired) electrons. The Morgan fingerprint density at radius 1 is 0.815 bits per heavy atom. The van der Waals surface area contributed by atoms with Crippen LogP contribution in [-0.4, -0.2) is 41.4 Å². The molecule has 27 heavy (non-hydrogen) atoms. The highest BCUT2D eigenvalue weighted by atomic mass is 31.2. The van der Waals surface area contributed by atoms with Gasteiger partial charge in [-0.25, -0.2) is 4.57 Å². The van der Waals surface area contributed by atoms with Crippen LogP contribution in [0.4, 0.5) is 0 Å². The van der Waals surface area contributed by atoms with E-state index in [9.17, 15) is 4.57 Å². The minimum atomic E-state index is -4.25. The first-order valence-corrected chi connectivity index (χ1v) is 12.8. The lowest BCUT2D eigenvalue weighted by Gasteiger charge is -2.27. The van der Waals surface area contributed by atoms with Gasteiger partial charge in [-0.3, -0.25) is 4.52 Å². The molecular weight excluding hydrogens is 361 g/mol. The third-order valence-corrected chi connectivity index (χ3v) is 5.83. The maximum Gasteiger partial charge on any atom is 0.469 e. The molecule has 0 aromatic carbocycles. The fourth-order valence-electron chi connectivity index (χ4n) is 3.55. The van der Waals surface area contributed by atoms with Crippen molar-refractivity contribution in [3.8, 4) is 0 Å². The van der Waals surface area contributed by atoms with Gasteiger partial charge < -0.3 is 14.7 Å². The molecule has 0 aliphatic heterocycles. The van der Waals surface area contributed by atoms with E-state index >= 15 is 0 Å². The molecule has 0 amide bonds. The first kappa shape index (κ1) is 27.1. The fourth-order valence-corrected chi connectivity index (χ4v) is 3.91. The highest BCUT2D eigenvalue weighted by Gasteiger charge is 2.14. The van der Waals surface area contributed by atoms with E-state index in [2.05, 4.69) is 30.4 Å². The molecule has 0 bridgehead atoms. The van der Waals surface area contributed by atoms with Gasteiger partial charge in [0, 0.05) is 6.04 Å². The molecule has 0 aromatic heterocycles. The Bertz CT molecular complexity index is 354. The van der Waals surface area contributed by atoms with Gasteiger partial charge in [0.15, 0.2) is 0 Å². The van der Waals surface area contributed by atoms with E-state index in [1.54, 1.807) is 0 Å². The molecule has 0 heterocycles. The van der Waals surface area contributed by atoms with Crippen LogP contribution in [-0.2, 0) is 9.09 Å². The highest BCUT2D eigenvalue weighted by molar-refractivity contribution is 7.46. The first-order valence-electron chi connectivity index (χ1n) is 11.2. The summed E-state index contributed by atoms with van der Waals surface area (Å²) in [6.07, 6.45) is 20.7. The molecule has 6 heteroatoms.